The second-order valence-electron chi connectivity index (χ2n) is 5.64. The van der Waals surface area contributed by atoms with Crippen molar-refractivity contribution in [1.29, 1.82) is 0 Å². The third-order valence-electron chi connectivity index (χ3n) is 3.90. The average Bonchev–Trinajstić information content (AvgIpc) is 2.97. The zero-order valence-electron chi connectivity index (χ0n) is 14.8. The van der Waals surface area contributed by atoms with Crippen molar-refractivity contribution in [3.8, 4) is 23.8 Å². The van der Waals surface area contributed by atoms with Crippen LogP contribution in [0.2, 0.25) is 0 Å². The normalized spacial score (nSPS) is 11.4. The Bertz CT molecular complexity index is 1090. The summed E-state index contributed by atoms with van der Waals surface area (Å²) in [5, 5.41) is 0. The van der Waals surface area contributed by atoms with E-state index in [1.165, 1.54) is 11.3 Å². The van der Waals surface area contributed by atoms with E-state index in [2.05, 4.69) is 10.9 Å². The zero-order valence-corrected chi connectivity index (χ0v) is 15.6. The smallest absolute Gasteiger partial charge is 0.279 e. The van der Waals surface area contributed by atoms with Crippen molar-refractivity contribution in [2.45, 2.75) is 13.5 Å². The van der Waals surface area contributed by atoms with Crippen LogP contribution in [0.3, 0.4) is 0 Å². The fraction of sp³-hybridized carbons (Fsp3) is 0.200. The SMILES string of the molecule is C#CCn1c(=NC(=O)c2cccc(C)c2)sc2cc(OC)c(OC)cc21. The van der Waals surface area contributed by atoms with E-state index in [0.29, 0.717) is 28.4 Å². The second-order valence-corrected chi connectivity index (χ2v) is 6.65. The average molecular weight is 366 g/mol. The number of aromatic nitrogens is 1. The number of benzene rings is 2. The molecule has 1 heterocycles. The van der Waals surface area contributed by atoms with Gasteiger partial charge in [0.15, 0.2) is 16.3 Å². The Hall–Kier alpha value is -3.04. The number of terminal acetylenes is 1. The first-order valence-electron chi connectivity index (χ1n) is 7.92. The maximum atomic E-state index is 12.6. The molecular weight excluding hydrogens is 348 g/mol. The molecule has 3 rings (SSSR count). The van der Waals surface area contributed by atoms with Crippen LogP contribution in [0.1, 0.15) is 15.9 Å². The molecule has 132 valence electrons. The van der Waals surface area contributed by atoms with Gasteiger partial charge in [0.25, 0.3) is 5.91 Å². The number of fused-ring (bicyclic) bond motifs is 1. The predicted molar refractivity (Wildman–Crippen MR) is 103 cm³/mol. The molecule has 0 unspecified atom stereocenters. The Morgan fingerprint density at radius 3 is 2.62 bits per heavy atom. The molecule has 1 amide bonds. The highest BCUT2D eigenvalue weighted by Gasteiger charge is 2.13. The first-order valence-corrected chi connectivity index (χ1v) is 8.73. The molecule has 5 nitrogen and oxygen atoms in total. The molecule has 0 aliphatic rings. The molecule has 0 atom stereocenters. The highest BCUT2D eigenvalue weighted by molar-refractivity contribution is 7.16. The Balaban J connectivity index is 2.20. The molecule has 0 radical (unpaired) electrons. The van der Waals surface area contributed by atoms with Crippen molar-refractivity contribution >= 4 is 27.5 Å². The third kappa shape index (κ3) is 3.35. The molecule has 0 fully saturated rings. The summed E-state index contributed by atoms with van der Waals surface area (Å²) in [6.07, 6.45) is 5.52. The highest BCUT2D eigenvalue weighted by atomic mass is 32.1. The fourth-order valence-electron chi connectivity index (χ4n) is 2.66. The summed E-state index contributed by atoms with van der Waals surface area (Å²) in [7, 11) is 3.16. The standard InChI is InChI=1S/C20H18N2O3S/c1-5-9-22-15-11-16(24-3)17(25-4)12-18(15)26-20(22)21-19(23)14-8-6-7-13(2)10-14/h1,6-8,10-12H,9H2,2-4H3. The van der Waals surface area contributed by atoms with Gasteiger partial charge in [0.05, 0.1) is 31.0 Å². The molecule has 2 aromatic carbocycles. The molecule has 26 heavy (non-hydrogen) atoms. The molecule has 6 heteroatoms. The minimum atomic E-state index is -0.301. The number of methoxy groups -OCH3 is 2. The van der Waals surface area contributed by atoms with Crippen LogP contribution in [-0.2, 0) is 6.54 Å². The molecule has 0 saturated carbocycles. The first-order chi connectivity index (χ1) is 12.6. The van der Waals surface area contributed by atoms with E-state index < -0.39 is 0 Å². The van der Waals surface area contributed by atoms with E-state index in [1.54, 1.807) is 20.3 Å². The monoisotopic (exact) mass is 366 g/mol. The Labute approximate surface area is 155 Å². The van der Waals surface area contributed by atoms with Gasteiger partial charge in [0.1, 0.15) is 0 Å². The lowest BCUT2D eigenvalue weighted by molar-refractivity contribution is 0.0998. The third-order valence-corrected chi connectivity index (χ3v) is 4.94. The number of carbonyl (C=O) groups excluding carboxylic acids is 1. The number of rotatable bonds is 4. The van der Waals surface area contributed by atoms with Crippen molar-refractivity contribution < 1.29 is 14.3 Å². The van der Waals surface area contributed by atoms with Gasteiger partial charge < -0.3 is 14.0 Å². The number of hydrogen-bond acceptors (Lipinski definition) is 4. The van der Waals surface area contributed by atoms with E-state index in [9.17, 15) is 4.79 Å². The van der Waals surface area contributed by atoms with Gasteiger partial charge in [-0.25, -0.2) is 0 Å². The van der Waals surface area contributed by atoms with Crippen molar-refractivity contribution in [3.05, 3.63) is 52.3 Å². The Morgan fingerprint density at radius 1 is 1.23 bits per heavy atom. The van der Waals surface area contributed by atoms with Crippen molar-refractivity contribution in [1.82, 2.24) is 4.57 Å². The van der Waals surface area contributed by atoms with Gasteiger partial charge >= 0.3 is 0 Å². The molecule has 0 saturated heterocycles. The van der Waals surface area contributed by atoms with Gasteiger partial charge in [-0.2, -0.15) is 4.99 Å². The summed E-state index contributed by atoms with van der Waals surface area (Å²) in [6, 6.07) is 11.1. The van der Waals surface area contributed by atoms with Crippen LogP contribution in [0.25, 0.3) is 10.2 Å². The molecule has 0 bridgehead atoms. The van der Waals surface area contributed by atoms with Crippen LogP contribution in [0.15, 0.2) is 41.4 Å². The summed E-state index contributed by atoms with van der Waals surface area (Å²) >= 11 is 1.38. The fourth-order valence-corrected chi connectivity index (χ4v) is 3.69. The van der Waals surface area contributed by atoms with Crippen LogP contribution in [0.4, 0.5) is 0 Å². The number of nitrogens with zero attached hydrogens (tertiary/aromatic N) is 2. The van der Waals surface area contributed by atoms with Gasteiger partial charge in [-0.3, -0.25) is 4.79 Å². The van der Waals surface area contributed by atoms with E-state index in [-0.39, 0.29) is 5.91 Å². The van der Waals surface area contributed by atoms with Gasteiger partial charge in [-0.05, 0) is 19.1 Å². The summed E-state index contributed by atoms with van der Waals surface area (Å²) in [4.78, 5) is 17.4. The maximum Gasteiger partial charge on any atom is 0.279 e. The summed E-state index contributed by atoms with van der Waals surface area (Å²) in [5.41, 5.74) is 2.40. The topological polar surface area (TPSA) is 52.8 Å². The van der Waals surface area contributed by atoms with Gasteiger partial charge in [-0.1, -0.05) is 35.0 Å². The highest BCUT2D eigenvalue weighted by Crippen LogP contribution is 2.33. The number of ether oxygens (including phenoxy) is 2. The summed E-state index contributed by atoms with van der Waals surface area (Å²) < 4.78 is 13.5. The van der Waals surface area contributed by atoms with Gasteiger partial charge in [0.2, 0.25) is 0 Å². The lowest BCUT2D eigenvalue weighted by Crippen LogP contribution is -2.16. The van der Waals surface area contributed by atoms with Crippen LogP contribution in [-0.4, -0.2) is 24.7 Å². The van der Waals surface area contributed by atoms with E-state index in [1.807, 2.05) is 41.8 Å². The van der Waals surface area contributed by atoms with Crippen LogP contribution in [0.5, 0.6) is 11.5 Å². The molecular formula is C20H18N2O3S. The van der Waals surface area contributed by atoms with Gasteiger partial charge in [0, 0.05) is 17.7 Å². The quantitative estimate of drug-likeness (QED) is 0.665. The lowest BCUT2D eigenvalue weighted by Gasteiger charge is -2.08. The van der Waals surface area contributed by atoms with Crippen LogP contribution >= 0.6 is 11.3 Å². The number of thiazole rings is 1. The van der Waals surface area contributed by atoms with Crippen molar-refractivity contribution in [3.63, 3.8) is 0 Å². The minimum absolute atomic E-state index is 0.301. The minimum Gasteiger partial charge on any atom is -0.493 e. The van der Waals surface area contributed by atoms with E-state index in [0.717, 1.165) is 15.8 Å². The number of aryl methyl sites for hydroxylation is 1. The van der Waals surface area contributed by atoms with Crippen LogP contribution < -0.4 is 14.3 Å². The number of carbonyl (C=O) groups is 1. The Morgan fingerprint density at radius 2 is 1.96 bits per heavy atom. The molecule has 0 aliphatic carbocycles. The van der Waals surface area contributed by atoms with Gasteiger partial charge in [-0.15, -0.1) is 6.42 Å². The predicted octanol–water partition coefficient (Wildman–Crippen LogP) is 3.40. The summed E-state index contributed by atoms with van der Waals surface area (Å²) in [6.45, 7) is 2.24. The largest absolute Gasteiger partial charge is 0.493 e. The molecule has 0 N–H and O–H groups in total. The van der Waals surface area contributed by atoms with E-state index >= 15 is 0 Å². The second kappa shape index (κ2) is 7.46. The first kappa shape index (κ1) is 17.8. The van der Waals surface area contributed by atoms with E-state index in [4.69, 9.17) is 15.9 Å². The zero-order chi connectivity index (χ0) is 18.7. The van der Waals surface area contributed by atoms with Crippen molar-refractivity contribution in [2.24, 2.45) is 4.99 Å². The van der Waals surface area contributed by atoms with Crippen molar-refractivity contribution in [2.75, 3.05) is 14.2 Å². The molecule has 0 spiro atoms. The number of amides is 1. The lowest BCUT2D eigenvalue weighted by atomic mass is 10.1. The molecule has 3 aromatic rings. The summed E-state index contributed by atoms with van der Waals surface area (Å²) in [5.74, 6) is 3.53. The maximum absolute atomic E-state index is 12.6. The van der Waals surface area contributed by atoms with Crippen LogP contribution in [0, 0.1) is 19.3 Å². The molecule has 1 aromatic heterocycles. The number of hydrogen-bond donors (Lipinski definition) is 0. The molecule has 0 aliphatic heterocycles. The Kier molecular flexibility index (Phi) is 5.10.